The molecule has 0 atom stereocenters. The molecule has 0 saturated carbocycles. The van der Waals surface area contributed by atoms with Crippen molar-refractivity contribution in [2.24, 2.45) is 0 Å². The van der Waals surface area contributed by atoms with Gasteiger partial charge in [-0.15, -0.1) is 0 Å². The molecule has 0 aliphatic rings. The Balaban J connectivity index is 1.70. The highest BCUT2D eigenvalue weighted by molar-refractivity contribution is 5.79. The monoisotopic (exact) mass is 408 g/mol. The minimum absolute atomic E-state index is 0.0106. The van der Waals surface area contributed by atoms with Gasteiger partial charge in [-0.25, -0.2) is 14.8 Å². The van der Waals surface area contributed by atoms with E-state index in [1.807, 2.05) is 0 Å². The average Bonchev–Trinajstić information content (AvgIpc) is 3.04. The normalized spacial score (nSPS) is 11.9. The zero-order valence-electron chi connectivity index (χ0n) is 16.1. The number of halogens is 3. The number of benzene rings is 1. The molecule has 3 aromatic rings. The van der Waals surface area contributed by atoms with Crippen molar-refractivity contribution in [3.05, 3.63) is 41.7 Å². The standard InChI is InChI=1S/C20H23F3N4O2/c1-2-3-4-7-12-29-19(28)24-11-10-14-13-27-16-9-6-5-8-15(16)25-18(27)26-17(14)20(21,22)23/h5-6,8-9,13H,2-4,7,10-12H2,1H3,(H,24,28). The summed E-state index contributed by atoms with van der Waals surface area (Å²) in [6, 6.07) is 7.03. The summed E-state index contributed by atoms with van der Waals surface area (Å²) in [6.07, 6.45) is 0.0127. The number of hydrogen-bond donors (Lipinski definition) is 1. The van der Waals surface area contributed by atoms with Crippen molar-refractivity contribution in [1.29, 1.82) is 0 Å². The maximum absolute atomic E-state index is 13.5. The molecule has 156 valence electrons. The van der Waals surface area contributed by atoms with Crippen LogP contribution in [0, 0.1) is 0 Å². The third kappa shape index (κ3) is 5.16. The van der Waals surface area contributed by atoms with Crippen LogP contribution >= 0.6 is 0 Å². The molecule has 2 aromatic heterocycles. The molecule has 1 N–H and O–H groups in total. The van der Waals surface area contributed by atoms with Gasteiger partial charge in [0.05, 0.1) is 17.6 Å². The van der Waals surface area contributed by atoms with Crippen LogP contribution in [0.1, 0.15) is 43.9 Å². The van der Waals surface area contributed by atoms with E-state index in [2.05, 4.69) is 22.2 Å². The lowest BCUT2D eigenvalue weighted by Crippen LogP contribution is -2.27. The Morgan fingerprint density at radius 1 is 1.17 bits per heavy atom. The highest BCUT2D eigenvalue weighted by Crippen LogP contribution is 2.31. The summed E-state index contributed by atoms with van der Waals surface area (Å²) in [5, 5.41) is 2.50. The van der Waals surface area contributed by atoms with Gasteiger partial charge in [-0.3, -0.25) is 4.40 Å². The van der Waals surface area contributed by atoms with Gasteiger partial charge in [0.2, 0.25) is 5.78 Å². The Morgan fingerprint density at radius 2 is 1.97 bits per heavy atom. The maximum atomic E-state index is 13.5. The highest BCUT2D eigenvalue weighted by Gasteiger charge is 2.36. The number of imidazole rings is 1. The smallest absolute Gasteiger partial charge is 0.433 e. The Hall–Kier alpha value is -2.84. The molecule has 0 saturated heterocycles. The maximum Gasteiger partial charge on any atom is 0.433 e. The number of ether oxygens (including phenoxy) is 1. The van der Waals surface area contributed by atoms with E-state index < -0.39 is 18.0 Å². The first-order chi connectivity index (χ1) is 13.9. The summed E-state index contributed by atoms with van der Waals surface area (Å²) in [5.74, 6) is -0.0123. The molecule has 0 aliphatic heterocycles. The molecular weight excluding hydrogens is 385 g/mol. The third-order valence-electron chi connectivity index (χ3n) is 4.54. The van der Waals surface area contributed by atoms with Crippen LogP contribution in [0.5, 0.6) is 0 Å². The van der Waals surface area contributed by atoms with Gasteiger partial charge < -0.3 is 10.1 Å². The van der Waals surface area contributed by atoms with Crippen LogP contribution in [0.4, 0.5) is 18.0 Å². The number of carbonyl (C=O) groups is 1. The molecule has 6 nitrogen and oxygen atoms in total. The molecule has 0 spiro atoms. The molecule has 0 bridgehead atoms. The van der Waals surface area contributed by atoms with Crippen molar-refractivity contribution in [3.8, 4) is 0 Å². The third-order valence-corrected chi connectivity index (χ3v) is 4.54. The van der Waals surface area contributed by atoms with E-state index in [1.54, 1.807) is 24.3 Å². The van der Waals surface area contributed by atoms with Crippen molar-refractivity contribution in [3.63, 3.8) is 0 Å². The fraction of sp³-hybridized carbons (Fsp3) is 0.450. The van der Waals surface area contributed by atoms with Gasteiger partial charge in [0.1, 0.15) is 0 Å². The van der Waals surface area contributed by atoms with Gasteiger partial charge >= 0.3 is 12.3 Å². The largest absolute Gasteiger partial charge is 0.450 e. The lowest BCUT2D eigenvalue weighted by atomic mass is 10.1. The average molecular weight is 408 g/mol. The van der Waals surface area contributed by atoms with Crippen molar-refractivity contribution in [1.82, 2.24) is 19.7 Å². The first-order valence-corrected chi connectivity index (χ1v) is 9.64. The van der Waals surface area contributed by atoms with E-state index >= 15 is 0 Å². The predicted octanol–water partition coefficient (Wildman–Crippen LogP) is 4.75. The van der Waals surface area contributed by atoms with Gasteiger partial charge in [-0.05, 0) is 25.0 Å². The molecule has 1 amide bonds. The van der Waals surface area contributed by atoms with E-state index in [0.29, 0.717) is 17.6 Å². The second-order valence-electron chi connectivity index (χ2n) is 6.76. The molecule has 2 heterocycles. The summed E-state index contributed by atoms with van der Waals surface area (Å²) in [7, 11) is 0. The Kier molecular flexibility index (Phi) is 6.56. The van der Waals surface area contributed by atoms with Gasteiger partial charge in [-0.1, -0.05) is 38.3 Å². The Morgan fingerprint density at radius 3 is 2.72 bits per heavy atom. The van der Waals surface area contributed by atoms with Crippen molar-refractivity contribution in [2.75, 3.05) is 13.2 Å². The predicted molar refractivity (Wildman–Crippen MR) is 103 cm³/mol. The van der Waals surface area contributed by atoms with Crippen molar-refractivity contribution in [2.45, 2.75) is 45.2 Å². The molecular formula is C20H23F3N4O2. The van der Waals surface area contributed by atoms with Crippen LogP contribution in [-0.2, 0) is 17.3 Å². The lowest BCUT2D eigenvalue weighted by Gasteiger charge is -2.13. The molecule has 0 aliphatic carbocycles. The number of alkyl halides is 3. The zero-order chi connectivity index (χ0) is 20.9. The second-order valence-corrected chi connectivity index (χ2v) is 6.76. The summed E-state index contributed by atoms with van der Waals surface area (Å²) in [6.45, 7) is 2.40. The summed E-state index contributed by atoms with van der Waals surface area (Å²) in [4.78, 5) is 19.6. The van der Waals surface area contributed by atoms with Crippen LogP contribution in [-0.4, -0.2) is 33.6 Å². The number of rotatable bonds is 8. The number of carbonyl (C=O) groups excluding carboxylic acids is 1. The first kappa shape index (κ1) is 20.9. The van der Waals surface area contributed by atoms with Crippen molar-refractivity contribution >= 4 is 22.9 Å². The SMILES string of the molecule is CCCCCCOC(=O)NCCc1cn2c(nc1C(F)(F)F)nc1ccccc12. The molecule has 0 unspecified atom stereocenters. The van der Waals surface area contributed by atoms with Crippen LogP contribution in [0.15, 0.2) is 30.5 Å². The summed E-state index contributed by atoms with van der Waals surface area (Å²) < 4.78 is 47.0. The number of aromatic nitrogens is 3. The Bertz CT molecular complexity index is 985. The van der Waals surface area contributed by atoms with E-state index in [0.717, 1.165) is 25.7 Å². The fourth-order valence-electron chi connectivity index (χ4n) is 3.10. The molecule has 0 fully saturated rings. The quantitative estimate of drug-likeness (QED) is 0.546. The van der Waals surface area contributed by atoms with Gasteiger partial charge in [0.25, 0.3) is 0 Å². The fourth-order valence-corrected chi connectivity index (χ4v) is 3.10. The minimum Gasteiger partial charge on any atom is -0.450 e. The number of fused-ring (bicyclic) bond motifs is 3. The van der Waals surface area contributed by atoms with Crippen LogP contribution in [0.2, 0.25) is 0 Å². The molecule has 29 heavy (non-hydrogen) atoms. The number of alkyl carbamates (subject to hydrolysis) is 1. The molecule has 9 heteroatoms. The van der Waals surface area contributed by atoms with Crippen LogP contribution < -0.4 is 5.32 Å². The van der Waals surface area contributed by atoms with Crippen LogP contribution in [0.25, 0.3) is 16.8 Å². The number of amides is 1. The number of nitrogens with zero attached hydrogens (tertiary/aromatic N) is 3. The van der Waals surface area contributed by atoms with E-state index in [1.165, 1.54) is 10.6 Å². The summed E-state index contributed by atoms with van der Waals surface area (Å²) in [5.41, 5.74) is 0.228. The van der Waals surface area contributed by atoms with Gasteiger partial charge in [0.15, 0.2) is 5.69 Å². The molecule has 0 radical (unpaired) electrons. The number of para-hydroxylation sites is 2. The van der Waals surface area contributed by atoms with Crippen LogP contribution in [0.3, 0.4) is 0 Å². The zero-order valence-corrected chi connectivity index (χ0v) is 16.1. The van der Waals surface area contributed by atoms with Gasteiger partial charge in [0, 0.05) is 18.3 Å². The Labute approximate surface area is 166 Å². The lowest BCUT2D eigenvalue weighted by molar-refractivity contribution is -0.141. The minimum atomic E-state index is -4.62. The second kappa shape index (κ2) is 9.11. The summed E-state index contributed by atoms with van der Waals surface area (Å²) >= 11 is 0. The number of hydrogen-bond acceptors (Lipinski definition) is 4. The molecule has 1 aromatic carbocycles. The van der Waals surface area contributed by atoms with E-state index in [9.17, 15) is 18.0 Å². The van der Waals surface area contributed by atoms with E-state index in [4.69, 9.17) is 4.74 Å². The topological polar surface area (TPSA) is 68.5 Å². The van der Waals surface area contributed by atoms with E-state index in [-0.39, 0.29) is 24.3 Å². The number of nitrogens with one attached hydrogen (secondary N) is 1. The first-order valence-electron chi connectivity index (χ1n) is 9.64. The van der Waals surface area contributed by atoms with Gasteiger partial charge in [-0.2, -0.15) is 13.2 Å². The molecule has 3 rings (SSSR count). The van der Waals surface area contributed by atoms with Crippen molar-refractivity contribution < 1.29 is 22.7 Å². The number of unbranched alkanes of at least 4 members (excludes halogenated alkanes) is 3. The highest BCUT2D eigenvalue weighted by atomic mass is 19.4.